The van der Waals surface area contributed by atoms with E-state index in [-0.39, 0.29) is 36.1 Å². The van der Waals surface area contributed by atoms with Crippen LogP contribution in [-0.4, -0.2) is 42.4 Å². The average Bonchev–Trinajstić information content (AvgIpc) is 3.28. The molecule has 26 heavy (non-hydrogen) atoms. The number of carbonyl (C=O) groups is 1. The normalized spacial score (nSPS) is 25.0. The summed E-state index contributed by atoms with van der Waals surface area (Å²) in [5.41, 5.74) is 2.24. The Morgan fingerprint density at radius 3 is 2.81 bits per heavy atom. The number of nitriles is 1. The highest BCUT2D eigenvalue weighted by Crippen LogP contribution is 2.41. The number of aromatic amines is 2. The molecule has 8 nitrogen and oxygen atoms in total. The molecule has 2 aliphatic rings. The van der Waals surface area contributed by atoms with Gasteiger partial charge in [0.1, 0.15) is 12.1 Å². The summed E-state index contributed by atoms with van der Waals surface area (Å²) in [4.78, 5) is 37.2. The molecule has 2 fully saturated rings. The van der Waals surface area contributed by atoms with Crippen LogP contribution in [0.25, 0.3) is 22.1 Å². The van der Waals surface area contributed by atoms with Gasteiger partial charge in [0, 0.05) is 29.7 Å². The molecular formula is C18H18N6O2. The van der Waals surface area contributed by atoms with Crippen molar-refractivity contribution in [3.8, 4) is 6.07 Å². The fraction of sp³-hybridized carbons (Fsp3) is 0.444. The van der Waals surface area contributed by atoms with E-state index >= 15 is 0 Å². The second-order valence-corrected chi connectivity index (χ2v) is 7.21. The molecule has 2 bridgehead atoms. The van der Waals surface area contributed by atoms with Crippen LogP contribution < -0.4 is 5.69 Å². The molecule has 132 valence electrons. The maximum Gasteiger partial charge on any atom is 0.326 e. The van der Waals surface area contributed by atoms with E-state index < -0.39 is 0 Å². The van der Waals surface area contributed by atoms with Crippen LogP contribution in [0.4, 0.5) is 0 Å². The smallest absolute Gasteiger partial charge is 0.326 e. The molecule has 2 aliphatic heterocycles. The standard InChI is InChI=1S/C18H18N6O2/c19-5-3-15(25)23-10-1-2-11(23)8-12(7-10)24-16-13-4-6-20-17(13)21-9-14(16)22-18(24)26/h4,6,9-12H,1-3,7-8H2,(H,20,21)(H,22,26)/t10-,11+,12-. The number of rotatable bonds is 2. The molecule has 3 atom stereocenters. The number of hydrogen-bond acceptors (Lipinski definition) is 4. The van der Waals surface area contributed by atoms with Crippen LogP contribution in [0.1, 0.15) is 38.1 Å². The van der Waals surface area contributed by atoms with Crippen molar-refractivity contribution in [3.05, 3.63) is 28.9 Å². The van der Waals surface area contributed by atoms with Gasteiger partial charge in [-0.25, -0.2) is 9.78 Å². The highest BCUT2D eigenvalue weighted by atomic mass is 16.2. The van der Waals surface area contributed by atoms with Crippen molar-refractivity contribution >= 4 is 28.0 Å². The first-order chi connectivity index (χ1) is 12.7. The second kappa shape index (κ2) is 5.46. The lowest BCUT2D eigenvalue weighted by molar-refractivity contribution is -0.135. The molecule has 5 rings (SSSR count). The molecule has 0 aliphatic carbocycles. The molecule has 1 amide bonds. The molecule has 0 saturated carbocycles. The van der Waals surface area contributed by atoms with Gasteiger partial charge < -0.3 is 14.9 Å². The zero-order valence-electron chi connectivity index (χ0n) is 14.1. The van der Waals surface area contributed by atoms with Crippen molar-refractivity contribution in [1.29, 1.82) is 5.26 Å². The zero-order valence-corrected chi connectivity index (χ0v) is 14.1. The summed E-state index contributed by atoms with van der Waals surface area (Å²) in [5.74, 6) is -0.0815. The third-order valence-corrected chi connectivity index (χ3v) is 5.85. The quantitative estimate of drug-likeness (QED) is 0.734. The van der Waals surface area contributed by atoms with Crippen LogP contribution in [0.15, 0.2) is 23.3 Å². The fourth-order valence-corrected chi connectivity index (χ4v) is 4.90. The van der Waals surface area contributed by atoms with Crippen LogP contribution >= 0.6 is 0 Å². The Morgan fingerprint density at radius 2 is 2.08 bits per heavy atom. The molecule has 2 N–H and O–H groups in total. The number of imidazole rings is 1. The number of carbonyl (C=O) groups excluding carboxylic acids is 1. The maximum absolute atomic E-state index is 12.7. The first-order valence-corrected chi connectivity index (χ1v) is 8.92. The van der Waals surface area contributed by atoms with Gasteiger partial charge in [-0.05, 0) is 31.7 Å². The SMILES string of the molecule is N#CCC(=O)N1[C@@H]2CC[C@H]1C[C@H](n1c(=O)[nH]c3cnc4[nH]ccc4c31)C2. The van der Waals surface area contributed by atoms with Crippen molar-refractivity contribution < 1.29 is 4.79 Å². The molecule has 0 radical (unpaired) electrons. The monoisotopic (exact) mass is 350 g/mol. The molecule has 0 unspecified atom stereocenters. The topological polar surface area (TPSA) is 111 Å². The van der Waals surface area contributed by atoms with Gasteiger partial charge in [0.05, 0.1) is 23.3 Å². The minimum absolute atomic E-state index is 0.0420. The first-order valence-electron chi connectivity index (χ1n) is 8.92. The Hall–Kier alpha value is -3.08. The molecule has 0 spiro atoms. The van der Waals surface area contributed by atoms with Crippen molar-refractivity contribution in [1.82, 2.24) is 24.4 Å². The van der Waals surface area contributed by atoms with Crippen molar-refractivity contribution in [3.63, 3.8) is 0 Å². The predicted molar refractivity (Wildman–Crippen MR) is 94.4 cm³/mol. The van der Waals surface area contributed by atoms with Crippen molar-refractivity contribution in [2.24, 2.45) is 0 Å². The van der Waals surface area contributed by atoms with E-state index in [0.717, 1.165) is 47.8 Å². The van der Waals surface area contributed by atoms with Gasteiger partial charge in [-0.1, -0.05) is 0 Å². The van der Waals surface area contributed by atoms with E-state index in [1.807, 2.05) is 27.8 Å². The van der Waals surface area contributed by atoms with Gasteiger partial charge in [-0.15, -0.1) is 0 Å². The second-order valence-electron chi connectivity index (χ2n) is 7.21. The van der Waals surface area contributed by atoms with E-state index in [0.29, 0.717) is 0 Å². The van der Waals surface area contributed by atoms with Crippen LogP contribution in [0, 0.1) is 11.3 Å². The lowest BCUT2D eigenvalue weighted by atomic mass is 9.96. The highest BCUT2D eigenvalue weighted by Gasteiger charge is 2.44. The third kappa shape index (κ3) is 2.03. The number of hydrogen-bond donors (Lipinski definition) is 2. The predicted octanol–water partition coefficient (Wildman–Crippen LogP) is 1.81. The molecule has 8 heteroatoms. The van der Waals surface area contributed by atoms with Crippen LogP contribution in [0.5, 0.6) is 0 Å². The Bertz CT molecular complexity index is 1100. The number of aromatic nitrogens is 4. The van der Waals surface area contributed by atoms with Crippen LogP contribution in [0.3, 0.4) is 0 Å². The number of piperidine rings is 1. The molecule has 2 saturated heterocycles. The molecule has 3 aromatic rings. The Kier molecular flexibility index (Phi) is 3.19. The Labute approximate surface area is 148 Å². The summed E-state index contributed by atoms with van der Waals surface area (Å²) in [6.07, 6.45) is 6.81. The van der Waals surface area contributed by atoms with Crippen LogP contribution in [0.2, 0.25) is 0 Å². The maximum atomic E-state index is 12.7. The summed E-state index contributed by atoms with van der Waals surface area (Å²) in [6, 6.07) is 4.16. The minimum Gasteiger partial charge on any atom is -0.346 e. The Balaban J connectivity index is 1.57. The zero-order chi connectivity index (χ0) is 17.8. The number of nitrogens with zero attached hydrogens (tertiary/aromatic N) is 4. The first kappa shape index (κ1) is 15.2. The fourth-order valence-electron chi connectivity index (χ4n) is 4.90. The molecule has 3 aromatic heterocycles. The number of amides is 1. The molecular weight excluding hydrogens is 332 g/mol. The van der Waals surface area contributed by atoms with Crippen LogP contribution in [-0.2, 0) is 4.79 Å². The van der Waals surface area contributed by atoms with Gasteiger partial charge in [0.2, 0.25) is 5.91 Å². The van der Waals surface area contributed by atoms with Gasteiger partial charge in [-0.3, -0.25) is 9.36 Å². The third-order valence-electron chi connectivity index (χ3n) is 5.85. The average molecular weight is 350 g/mol. The van der Waals surface area contributed by atoms with Gasteiger partial charge in [0.25, 0.3) is 0 Å². The number of nitrogens with one attached hydrogen (secondary N) is 2. The summed E-state index contributed by atoms with van der Waals surface area (Å²) in [7, 11) is 0. The number of fused-ring (bicyclic) bond motifs is 5. The lowest BCUT2D eigenvalue weighted by Crippen LogP contribution is -2.47. The number of pyridine rings is 1. The van der Waals surface area contributed by atoms with E-state index in [4.69, 9.17) is 5.26 Å². The van der Waals surface area contributed by atoms with Crippen molar-refractivity contribution in [2.75, 3.05) is 0 Å². The van der Waals surface area contributed by atoms with E-state index in [1.54, 1.807) is 6.20 Å². The molecule has 5 heterocycles. The van der Waals surface area contributed by atoms with Crippen molar-refractivity contribution in [2.45, 2.75) is 50.2 Å². The minimum atomic E-state index is -0.128. The summed E-state index contributed by atoms with van der Waals surface area (Å²) in [6.45, 7) is 0. The molecule has 0 aromatic carbocycles. The van der Waals surface area contributed by atoms with E-state index in [9.17, 15) is 9.59 Å². The highest BCUT2D eigenvalue weighted by molar-refractivity contribution is 6.00. The Morgan fingerprint density at radius 1 is 1.31 bits per heavy atom. The lowest BCUT2D eigenvalue weighted by Gasteiger charge is -2.39. The largest absolute Gasteiger partial charge is 0.346 e. The summed E-state index contributed by atoms with van der Waals surface area (Å²) < 4.78 is 1.85. The van der Waals surface area contributed by atoms with E-state index in [1.165, 1.54) is 0 Å². The van der Waals surface area contributed by atoms with E-state index in [2.05, 4.69) is 15.0 Å². The summed E-state index contributed by atoms with van der Waals surface area (Å²) in [5, 5.41) is 9.77. The number of H-pyrrole nitrogens is 2. The summed E-state index contributed by atoms with van der Waals surface area (Å²) >= 11 is 0. The van der Waals surface area contributed by atoms with Gasteiger partial charge >= 0.3 is 5.69 Å². The van der Waals surface area contributed by atoms with Gasteiger partial charge in [-0.2, -0.15) is 5.26 Å². The van der Waals surface area contributed by atoms with Gasteiger partial charge in [0.15, 0.2) is 0 Å².